The lowest BCUT2D eigenvalue weighted by Crippen LogP contribution is -2.22. The molecule has 0 spiro atoms. The summed E-state index contributed by atoms with van der Waals surface area (Å²) in [5.41, 5.74) is 10.8. The Kier molecular flexibility index (Phi) is 14.7. The molecule has 1 aliphatic heterocycles. The van der Waals surface area contributed by atoms with Crippen LogP contribution in [0.15, 0.2) is 161 Å². The van der Waals surface area contributed by atoms with E-state index in [4.69, 9.17) is 4.42 Å². The summed E-state index contributed by atoms with van der Waals surface area (Å²) < 4.78 is 45.7. The van der Waals surface area contributed by atoms with Crippen LogP contribution in [0.5, 0.6) is 34.5 Å². The number of fused-ring (bicyclic) bond motifs is 2. The van der Waals surface area contributed by atoms with Gasteiger partial charge < -0.3 is 40.0 Å². The lowest BCUT2D eigenvalue weighted by molar-refractivity contribution is 0.453. The van der Waals surface area contributed by atoms with E-state index in [1.165, 1.54) is 42.5 Å². The van der Waals surface area contributed by atoms with E-state index in [9.17, 15) is 43.6 Å². The summed E-state index contributed by atoms with van der Waals surface area (Å²) in [5.74, 6) is 1.12. The first-order valence-corrected chi connectivity index (χ1v) is 26.1. The lowest BCUT2D eigenvalue weighted by atomic mass is 9.93. The fourth-order valence-electron chi connectivity index (χ4n) is 9.94. The van der Waals surface area contributed by atoms with Crippen LogP contribution in [-0.2, 0) is 42.2 Å². The zero-order valence-corrected chi connectivity index (χ0v) is 42.3. The second-order valence-electron chi connectivity index (χ2n) is 19.0. The van der Waals surface area contributed by atoms with Gasteiger partial charge in [0.25, 0.3) is 10.1 Å². The molecule has 1 aliphatic carbocycles. The van der Waals surface area contributed by atoms with E-state index in [-0.39, 0.29) is 39.4 Å². The summed E-state index contributed by atoms with van der Waals surface area (Å²) in [6.07, 6.45) is 5.07. The number of hydrogen-bond donors (Lipinski definition) is 7. The van der Waals surface area contributed by atoms with Gasteiger partial charge in [-0.25, -0.2) is 0 Å². The zero-order chi connectivity index (χ0) is 52.3. The maximum atomic E-state index is 13.0. The van der Waals surface area contributed by atoms with Crippen LogP contribution in [0.3, 0.4) is 0 Å². The molecule has 378 valence electrons. The van der Waals surface area contributed by atoms with E-state index >= 15 is 0 Å². The Labute approximate surface area is 430 Å². The maximum absolute atomic E-state index is 13.0. The second kappa shape index (κ2) is 21.4. The number of anilines is 2. The Balaban J connectivity index is 1.14. The minimum atomic E-state index is -4.67. The molecule has 0 fully saturated rings. The summed E-state index contributed by atoms with van der Waals surface area (Å²) >= 11 is 0. The summed E-state index contributed by atoms with van der Waals surface area (Å²) in [4.78, 5) is 1.95. The molecular formula is C61H59N2O10S+. The molecule has 7 N–H and O–H groups in total. The number of phenolic OH excluding ortho intramolecular Hbond substituents is 6. The van der Waals surface area contributed by atoms with Gasteiger partial charge in [0.15, 0.2) is 0 Å². The smallest absolute Gasteiger partial charge is 0.295 e. The van der Waals surface area contributed by atoms with Gasteiger partial charge in [-0.1, -0.05) is 42.5 Å². The van der Waals surface area contributed by atoms with Gasteiger partial charge in [0, 0.05) is 63.8 Å². The first kappa shape index (κ1) is 50.7. The van der Waals surface area contributed by atoms with Crippen LogP contribution in [0, 0.1) is 13.8 Å². The minimum Gasteiger partial charge on any atom is -0.508 e. The Morgan fingerprint density at radius 2 is 1.11 bits per heavy atom. The first-order valence-electron chi connectivity index (χ1n) is 24.6. The van der Waals surface area contributed by atoms with Crippen molar-refractivity contribution in [2.24, 2.45) is 0 Å². The molecule has 7 aromatic rings. The van der Waals surface area contributed by atoms with Gasteiger partial charge in [0.1, 0.15) is 57.8 Å². The Hall–Kier alpha value is -8.26. The summed E-state index contributed by atoms with van der Waals surface area (Å²) in [6, 6.07) is 44.2. The van der Waals surface area contributed by atoms with E-state index in [0.717, 1.165) is 57.5 Å². The number of hydrogen-bond acceptors (Lipinski definition) is 10. The third kappa shape index (κ3) is 11.2. The molecule has 9 rings (SSSR count). The van der Waals surface area contributed by atoms with Gasteiger partial charge in [-0.2, -0.15) is 13.0 Å². The standard InChI is InChI=1S/C61H58N2O10S/c1-38-16-18-40(9-6-11-42-33-47(64)22-27-55(42)67)31-53(38)62(3)45-20-25-50-58(36-45)73-59-37-46(21-26-51(59)61(50)52-14-4-5-15-60(52)74(70,71)72)63(30-8-13-44-35-49(66)24-29-57(44)69)54-32-41(19-17-39(54)2)10-7-12-43-34-48(65)23-28-56(43)68/h4-5,14-29,31-37H,6-13,30H2,1-3H3,(H6-,64,65,66,67,68,69,70,71,72)/p+1. The number of phenols is 6. The zero-order valence-electron chi connectivity index (χ0n) is 41.5. The van der Waals surface area contributed by atoms with E-state index in [2.05, 4.69) is 45.9 Å². The van der Waals surface area contributed by atoms with Gasteiger partial charge in [-0.15, -0.1) is 0 Å². The fraction of sp³-hybridized carbons (Fsp3) is 0.197. The van der Waals surface area contributed by atoms with Crippen molar-refractivity contribution in [3.63, 3.8) is 0 Å². The maximum Gasteiger partial charge on any atom is 0.295 e. The fourth-order valence-corrected chi connectivity index (χ4v) is 10.6. The summed E-state index contributed by atoms with van der Waals surface area (Å²) in [7, 11) is -2.69. The first-order chi connectivity index (χ1) is 35.5. The van der Waals surface area contributed by atoms with Gasteiger partial charge in [-0.3, -0.25) is 4.55 Å². The Bertz CT molecular complexity index is 3720. The highest BCUT2D eigenvalue weighted by Crippen LogP contribution is 2.44. The molecule has 0 bridgehead atoms. The van der Waals surface area contributed by atoms with E-state index in [0.29, 0.717) is 95.2 Å². The molecule has 7 aromatic carbocycles. The molecule has 0 radical (unpaired) electrons. The van der Waals surface area contributed by atoms with Crippen LogP contribution in [0.1, 0.15) is 58.2 Å². The van der Waals surface area contributed by atoms with Crippen LogP contribution < -0.4 is 14.8 Å². The SMILES string of the molecule is Cc1ccc(CCCc2cc(O)ccc2O)cc1N(CCCc1cc(O)ccc1O)c1ccc2c(-c3ccccc3S(=O)(=O)O)c3ccc(=[N+](C)c4cc(CCCc5cc(O)ccc5O)ccc4C)cc-3oc2c1. The highest BCUT2D eigenvalue weighted by atomic mass is 32.2. The van der Waals surface area contributed by atoms with Crippen LogP contribution in [-0.4, -0.2) is 57.2 Å². The van der Waals surface area contributed by atoms with Crippen molar-refractivity contribution in [3.05, 3.63) is 196 Å². The summed E-state index contributed by atoms with van der Waals surface area (Å²) in [5, 5.41) is 63.2. The van der Waals surface area contributed by atoms with Crippen molar-refractivity contribution >= 4 is 38.1 Å². The molecule has 0 unspecified atom stereocenters. The molecule has 2 aliphatic rings. The van der Waals surface area contributed by atoms with Crippen molar-refractivity contribution in [2.75, 3.05) is 18.5 Å². The van der Waals surface area contributed by atoms with Crippen molar-refractivity contribution in [1.82, 2.24) is 4.58 Å². The molecule has 0 saturated heterocycles. The molecule has 0 atom stereocenters. The van der Waals surface area contributed by atoms with Crippen molar-refractivity contribution in [3.8, 4) is 56.9 Å². The number of nitrogens with zero attached hydrogens (tertiary/aromatic N) is 2. The minimum absolute atomic E-state index is 0.0604. The van der Waals surface area contributed by atoms with Crippen LogP contribution in [0.2, 0.25) is 0 Å². The molecule has 74 heavy (non-hydrogen) atoms. The summed E-state index contributed by atoms with van der Waals surface area (Å²) in [6.45, 7) is 4.57. The monoisotopic (exact) mass is 1010 g/mol. The predicted molar refractivity (Wildman–Crippen MR) is 290 cm³/mol. The van der Waals surface area contributed by atoms with Crippen molar-refractivity contribution < 1.29 is 48.0 Å². The van der Waals surface area contributed by atoms with Crippen LogP contribution in [0.4, 0.5) is 17.1 Å². The second-order valence-corrected chi connectivity index (χ2v) is 20.4. The van der Waals surface area contributed by atoms with Crippen molar-refractivity contribution in [2.45, 2.75) is 70.1 Å². The highest BCUT2D eigenvalue weighted by molar-refractivity contribution is 7.86. The van der Waals surface area contributed by atoms with Gasteiger partial charge in [0.05, 0.1) is 6.07 Å². The molecule has 0 aromatic heterocycles. The van der Waals surface area contributed by atoms with Crippen molar-refractivity contribution in [1.29, 1.82) is 0 Å². The van der Waals surface area contributed by atoms with Gasteiger partial charge in [-0.05, 0) is 184 Å². The molecule has 0 saturated carbocycles. The molecule has 13 heteroatoms. The molecule has 0 amide bonds. The van der Waals surface area contributed by atoms with E-state index in [1.54, 1.807) is 36.4 Å². The number of aromatic hydroxyl groups is 6. The normalized spacial score (nSPS) is 12.1. The third-order valence-corrected chi connectivity index (χ3v) is 14.8. The average Bonchev–Trinajstić information content (AvgIpc) is 3.38. The van der Waals surface area contributed by atoms with Crippen LogP contribution >= 0.6 is 0 Å². The number of benzene rings is 8. The number of rotatable bonds is 17. The highest BCUT2D eigenvalue weighted by Gasteiger charge is 2.26. The van der Waals surface area contributed by atoms with E-state index < -0.39 is 10.1 Å². The largest absolute Gasteiger partial charge is 0.508 e. The van der Waals surface area contributed by atoms with Gasteiger partial charge >= 0.3 is 0 Å². The van der Waals surface area contributed by atoms with E-state index in [1.807, 2.05) is 57.3 Å². The molecule has 1 heterocycles. The Morgan fingerprint density at radius 3 is 1.72 bits per heavy atom. The average molecular weight is 1010 g/mol. The van der Waals surface area contributed by atoms with Gasteiger partial charge in [0.2, 0.25) is 11.0 Å². The third-order valence-electron chi connectivity index (χ3n) is 13.9. The number of aryl methyl sites for hydroxylation is 7. The molecular weight excluding hydrogens is 953 g/mol. The van der Waals surface area contributed by atoms with Crippen LogP contribution in [0.25, 0.3) is 33.4 Å². The molecule has 12 nitrogen and oxygen atoms in total. The lowest BCUT2D eigenvalue weighted by Gasteiger charge is -2.28. The topological polar surface area (TPSA) is 195 Å². The predicted octanol–water partition coefficient (Wildman–Crippen LogP) is 12.2. The Morgan fingerprint density at radius 1 is 0.541 bits per heavy atom. The quantitative estimate of drug-likeness (QED) is 0.0198.